The maximum atomic E-state index is 5.69. The van der Waals surface area contributed by atoms with Gasteiger partial charge in [-0.05, 0) is 43.3 Å². The van der Waals surface area contributed by atoms with E-state index < -0.39 is 0 Å². The minimum Gasteiger partial charge on any atom is -0.493 e. The van der Waals surface area contributed by atoms with Gasteiger partial charge in [-0.1, -0.05) is 18.2 Å². The van der Waals surface area contributed by atoms with Crippen LogP contribution in [0.25, 0.3) is 11.5 Å². The number of ether oxygens (including phenoxy) is 3. The van der Waals surface area contributed by atoms with Crippen molar-refractivity contribution in [3.8, 4) is 28.7 Å². The molecule has 28 heavy (non-hydrogen) atoms. The molecule has 0 aliphatic carbocycles. The molecular formula is C22H26N2O4. The van der Waals surface area contributed by atoms with Gasteiger partial charge in [0.05, 0.1) is 27.0 Å². The lowest BCUT2D eigenvalue weighted by Gasteiger charge is -2.18. The van der Waals surface area contributed by atoms with Crippen LogP contribution in [0.4, 0.5) is 0 Å². The van der Waals surface area contributed by atoms with Crippen LogP contribution in [0, 0.1) is 6.92 Å². The third-order valence-corrected chi connectivity index (χ3v) is 4.54. The quantitative estimate of drug-likeness (QED) is 0.579. The highest BCUT2D eigenvalue weighted by Gasteiger charge is 2.15. The second-order valence-corrected chi connectivity index (χ2v) is 6.66. The number of oxazole rings is 1. The molecule has 0 aliphatic rings. The molecule has 0 radical (unpaired) electrons. The molecule has 0 aliphatic heterocycles. The van der Waals surface area contributed by atoms with Gasteiger partial charge in [-0.2, -0.15) is 0 Å². The molecule has 0 atom stereocenters. The molecular weight excluding hydrogens is 356 g/mol. The van der Waals surface area contributed by atoms with Gasteiger partial charge < -0.3 is 18.6 Å². The lowest BCUT2D eigenvalue weighted by atomic mass is 10.1. The first-order chi connectivity index (χ1) is 13.5. The molecule has 0 fully saturated rings. The third-order valence-electron chi connectivity index (χ3n) is 4.54. The van der Waals surface area contributed by atoms with E-state index in [0.717, 1.165) is 22.4 Å². The van der Waals surface area contributed by atoms with Crippen molar-refractivity contribution in [3.63, 3.8) is 0 Å². The molecule has 0 spiro atoms. The Morgan fingerprint density at radius 1 is 0.964 bits per heavy atom. The first-order valence-corrected chi connectivity index (χ1v) is 9.03. The van der Waals surface area contributed by atoms with E-state index in [1.54, 1.807) is 27.6 Å². The number of methoxy groups -OCH3 is 3. The van der Waals surface area contributed by atoms with E-state index in [1.165, 1.54) is 0 Å². The van der Waals surface area contributed by atoms with Crippen molar-refractivity contribution in [1.29, 1.82) is 0 Å². The summed E-state index contributed by atoms with van der Waals surface area (Å²) in [5, 5.41) is 0. The summed E-state index contributed by atoms with van der Waals surface area (Å²) < 4.78 is 21.9. The number of aryl methyl sites for hydroxylation is 1. The Morgan fingerprint density at radius 2 is 1.64 bits per heavy atom. The summed E-state index contributed by atoms with van der Waals surface area (Å²) in [5.41, 5.74) is 4.09. The van der Waals surface area contributed by atoms with Gasteiger partial charge in [0.2, 0.25) is 11.6 Å². The normalized spacial score (nSPS) is 10.9. The molecule has 0 saturated heterocycles. The summed E-state index contributed by atoms with van der Waals surface area (Å²) in [6.45, 7) is 3.41. The third kappa shape index (κ3) is 4.28. The SMILES string of the molecule is COc1cc(CN(C)Cc2coc(-c3ccccc3C)n2)cc(OC)c1OC. The minimum atomic E-state index is 0.593. The Morgan fingerprint density at radius 3 is 2.25 bits per heavy atom. The van der Waals surface area contributed by atoms with E-state index in [4.69, 9.17) is 18.6 Å². The van der Waals surface area contributed by atoms with Crippen LogP contribution in [0.15, 0.2) is 47.1 Å². The number of hydrogen-bond acceptors (Lipinski definition) is 6. The molecule has 0 bridgehead atoms. The number of aromatic nitrogens is 1. The fourth-order valence-electron chi connectivity index (χ4n) is 3.19. The topological polar surface area (TPSA) is 57.0 Å². The van der Waals surface area contributed by atoms with Gasteiger partial charge in [0.25, 0.3) is 0 Å². The van der Waals surface area contributed by atoms with Crippen molar-refractivity contribution < 1.29 is 18.6 Å². The second-order valence-electron chi connectivity index (χ2n) is 6.66. The van der Waals surface area contributed by atoms with E-state index in [-0.39, 0.29) is 0 Å². The van der Waals surface area contributed by atoms with E-state index in [2.05, 4.69) is 22.9 Å². The molecule has 148 valence electrons. The molecule has 1 aromatic heterocycles. The predicted molar refractivity (Wildman–Crippen MR) is 108 cm³/mol. The Labute approximate surface area is 165 Å². The molecule has 0 amide bonds. The molecule has 2 aromatic carbocycles. The van der Waals surface area contributed by atoms with Crippen molar-refractivity contribution in [2.24, 2.45) is 0 Å². The minimum absolute atomic E-state index is 0.593. The fourth-order valence-corrected chi connectivity index (χ4v) is 3.19. The fraction of sp³-hybridized carbons (Fsp3) is 0.318. The van der Waals surface area contributed by atoms with Crippen molar-refractivity contribution in [2.45, 2.75) is 20.0 Å². The average Bonchev–Trinajstić information content (AvgIpc) is 3.15. The molecule has 6 nitrogen and oxygen atoms in total. The van der Waals surface area contributed by atoms with Gasteiger partial charge in [-0.15, -0.1) is 0 Å². The highest BCUT2D eigenvalue weighted by molar-refractivity contribution is 5.58. The summed E-state index contributed by atoms with van der Waals surface area (Å²) in [6.07, 6.45) is 1.72. The summed E-state index contributed by atoms with van der Waals surface area (Å²) in [6, 6.07) is 12.0. The Kier molecular flexibility index (Phi) is 6.21. The van der Waals surface area contributed by atoms with Gasteiger partial charge in [0.1, 0.15) is 6.26 Å². The highest BCUT2D eigenvalue weighted by Crippen LogP contribution is 2.38. The Hall–Kier alpha value is -2.99. The standard InChI is InChI=1S/C22H26N2O4/c1-15-8-6-7-9-18(15)22-23-17(14-28-22)13-24(2)12-16-10-19(25-3)21(27-5)20(11-16)26-4/h6-11,14H,12-13H2,1-5H3. The van der Waals surface area contributed by atoms with E-state index in [0.29, 0.717) is 36.2 Å². The van der Waals surface area contributed by atoms with Gasteiger partial charge in [0, 0.05) is 18.7 Å². The van der Waals surface area contributed by atoms with Crippen LogP contribution in [0.2, 0.25) is 0 Å². The predicted octanol–water partition coefficient (Wildman–Crippen LogP) is 4.31. The maximum Gasteiger partial charge on any atom is 0.226 e. The van der Waals surface area contributed by atoms with Crippen LogP contribution in [-0.2, 0) is 13.1 Å². The van der Waals surface area contributed by atoms with Gasteiger partial charge in [-0.3, -0.25) is 4.90 Å². The van der Waals surface area contributed by atoms with E-state index in [9.17, 15) is 0 Å². The average molecular weight is 382 g/mol. The first-order valence-electron chi connectivity index (χ1n) is 9.03. The van der Waals surface area contributed by atoms with Crippen LogP contribution in [0.1, 0.15) is 16.8 Å². The van der Waals surface area contributed by atoms with E-state index in [1.807, 2.05) is 37.4 Å². The summed E-state index contributed by atoms with van der Waals surface area (Å²) in [5.74, 6) is 2.53. The second kappa shape index (κ2) is 8.80. The van der Waals surface area contributed by atoms with Crippen molar-refractivity contribution in [2.75, 3.05) is 28.4 Å². The number of benzene rings is 2. The van der Waals surface area contributed by atoms with Crippen LogP contribution in [0.5, 0.6) is 17.2 Å². The van der Waals surface area contributed by atoms with Crippen molar-refractivity contribution in [1.82, 2.24) is 9.88 Å². The number of nitrogens with zero attached hydrogens (tertiary/aromatic N) is 2. The molecule has 3 aromatic rings. The Balaban J connectivity index is 1.73. The van der Waals surface area contributed by atoms with Gasteiger partial charge >= 0.3 is 0 Å². The molecule has 1 heterocycles. The van der Waals surface area contributed by atoms with Gasteiger partial charge in [-0.25, -0.2) is 4.98 Å². The monoisotopic (exact) mass is 382 g/mol. The first kappa shape index (κ1) is 19.8. The molecule has 0 saturated carbocycles. The zero-order valence-corrected chi connectivity index (χ0v) is 17.0. The molecule has 3 rings (SSSR count). The molecule has 0 unspecified atom stereocenters. The largest absolute Gasteiger partial charge is 0.493 e. The zero-order valence-electron chi connectivity index (χ0n) is 17.0. The lowest BCUT2D eigenvalue weighted by Crippen LogP contribution is -2.17. The van der Waals surface area contributed by atoms with Crippen molar-refractivity contribution in [3.05, 3.63) is 59.5 Å². The highest BCUT2D eigenvalue weighted by atomic mass is 16.5. The molecule has 6 heteroatoms. The van der Waals surface area contributed by atoms with Crippen molar-refractivity contribution >= 4 is 0 Å². The van der Waals surface area contributed by atoms with Crippen LogP contribution >= 0.6 is 0 Å². The van der Waals surface area contributed by atoms with Crippen LogP contribution in [0.3, 0.4) is 0 Å². The van der Waals surface area contributed by atoms with Crippen LogP contribution < -0.4 is 14.2 Å². The Bertz CT molecular complexity index is 911. The zero-order chi connectivity index (χ0) is 20.1. The summed E-state index contributed by atoms with van der Waals surface area (Å²) >= 11 is 0. The maximum absolute atomic E-state index is 5.69. The van der Waals surface area contributed by atoms with E-state index >= 15 is 0 Å². The summed E-state index contributed by atoms with van der Waals surface area (Å²) in [4.78, 5) is 6.79. The van der Waals surface area contributed by atoms with Crippen LogP contribution in [-0.4, -0.2) is 38.3 Å². The van der Waals surface area contributed by atoms with Gasteiger partial charge in [0.15, 0.2) is 11.5 Å². The smallest absolute Gasteiger partial charge is 0.226 e. The lowest BCUT2D eigenvalue weighted by molar-refractivity contribution is 0.306. The number of hydrogen-bond donors (Lipinski definition) is 0. The molecule has 0 N–H and O–H groups in total. The summed E-state index contributed by atoms with van der Waals surface area (Å²) in [7, 11) is 6.87. The number of rotatable bonds is 8.